The quantitative estimate of drug-likeness (QED) is 0.545. The van der Waals surface area contributed by atoms with Gasteiger partial charge in [0.1, 0.15) is 12.2 Å². The molecule has 0 saturated carbocycles. The molecule has 0 atom stereocenters. The molecule has 0 aliphatic carbocycles. The van der Waals surface area contributed by atoms with Crippen LogP contribution in [-0.2, 0) is 4.79 Å². The van der Waals surface area contributed by atoms with E-state index in [1.54, 1.807) is 6.07 Å². The summed E-state index contributed by atoms with van der Waals surface area (Å²) >= 11 is 0. The maximum atomic E-state index is 10.1. The highest BCUT2D eigenvalue weighted by atomic mass is 16.4. The van der Waals surface area contributed by atoms with Gasteiger partial charge in [0.15, 0.2) is 0 Å². The predicted octanol–water partition coefficient (Wildman–Crippen LogP) is 0.0722. The van der Waals surface area contributed by atoms with Crippen molar-refractivity contribution in [2.24, 2.45) is 0 Å². The number of nitrogen functional groups attached to an aromatic ring is 2. The van der Waals surface area contributed by atoms with Crippen LogP contribution in [0.15, 0.2) is 12.3 Å². The fraction of sp³-hybridized carbons (Fsp3) is 0.111. The molecule has 0 radical (unpaired) electrons. The van der Waals surface area contributed by atoms with E-state index < -0.39 is 5.97 Å². The lowest BCUT2D eigenvalue weighted by Gasteiger charge is -1.97. The minimum absolute atomic E-state index is 0.204. The number of hydrogen-bond donors (Lipinski definition) is 3. The standard InChI is InChI=1S/C9H9N3O2/c10-7-4-6(5-12-9(7)11)2-1-3-8(13)14/h4-5H,3,10H2,(H2,11,12)(H,13,14). The third kappa shape index (κ3) is 2.68. The Morgan fingerprint density at radius 2 is 2.29 bits per heavy atom. The van der Waals surface area contributed by atoms with Gasteiger partial charge in [-0.05, 0) is 6.07 Å². The SMILES string of the molecule is Nc1cc(C#CCC(=O)O)cnc1N. The highest BCUT2D eigenvalue weighted by molar-refractivity contribution is 5.70. The fourth-order valence-corrected chi connectivity index (χ4v) is 0.783. The van der Waals surface area contributed by atoms with Gasteiger partial charge >= 0.3 is 5.97 Å². The predicted molar refractivity (Wildman–Crippen MR) is 52.2 cm³/mol. The summed E-state index contributed by atoms with van der Waals surface area (Å²) < 4.78 is 0. The van der Waals surface area contributed by atoms with Gasteiger partial charge in [0.25, 0.3) is 0 Å². The van der Waals surface area contributed by atoms with Crippen LogP contribution in [0.4, 0.5) is 11.5 Å². The molecule has 0 spiro atoms. The molecule has 1 aromatic rings. The zero-order valence-corrected chi connectivity index (χ0v) is 7.32. The van der Waals surface area contributed by atoms with Crippen molar-refractivity contribution in [1.29, 1.82) is 0 Å². The monoisotopic (exact) mass is 191 g/mol. The second kappa shape index (κ2) is 4.14. The normalized spacial score (nSPS) is 8.86. The van der Waals surface area contributed by atoms with Crippen LogP contribution in [0.25, 0.3) is 0 Å². The summed E-state index contributed by atoms with van der Waals surface area (Å²) in [5, 5.41) is 8.33. The van der Waals surface area contributed by atoms with Crippen molar-refractivity contribution in [1.82, 2.24) is 4.98 Å². The highest BCUT2D eigenvalue weighted by Gasteiger charge is 1.95. The van der Waals surface area contributed by atoms with E-state index in [2.05, 4.69) is 16.8 Å². The van der Waals surface area contributed by atoms with Crippen molar-refractivity contribution < 1.29 is 9.90 Å². The first-order valence-electron chi connectivity index (χ1n) is 3.81. The second-order valence-electron chi connectivity index (χ2n) is 2.57. The van der Waals surface area contributed by atoms with Crippen molar-refractivity contribution >= 4 is 17.5 Å². The first kappa shape index (κ1) is 9.86. The van der Waals surface area contributed by atoms with Crippen LogP contribution < -0.4 is 11.5 Å². The number of pyridine rings is 1. The van der Waals surface area contributed by atoms with Crippen molar-refractivity contribution in [2.45, 2.75) is 6.42 Å². The molecule has 5 heteroatoms. The smallest absolute Gasteiger partial charge is 0.315 e. The molecule has 0 bridgehead atoms. The first-order valence-corrected chi connectivity index (χ1v) is 3.81. The maximum absolute atomic E-state index is 10.1. The molecule has 5 N–H and O–H groups in total. The number of anilines is 2. The van der Waals surface area contributed by atoms with Gasteiger partial charge in [0.05, 0.1) is 5.69 Å². The van der Waals surface area contributed by atoms with E-state index in [1.165, 1.54) is 6.20 Å². The van der Waals surface area contributed by atoms with Gasteiger partial charge in [-0.1, -0.05) is 11.8 Å². The molecule has 0 aliphatic heterocycles. The number of rotatable bonds is 1. The molecule has 14 heavy (non-hydrogen) atoms. The first-order chi connectivity index (χ1) is 6.59. The Labute approximate surface area is 80.7 Å². The topological polar surface area (TPSA) is 102 Å². The lowest BCUT2D eigenvalue weighted by molar-refractivity contribution is -0.135. The van der Waals surface area contributed by atoms with Crippen LogP contribution in [0.2, 0.25) is 0 Å². The molecule has 0 saturated heterocycles. The van der Waals surface area contributed by atoms with Crippen LogP contribution in [0.1, 0.15) is 12.0 Å². The number of hydrogen-bond acceptors (Lipinski definition) is 4. The summed E-state index contributed by atoms with van der Waals surface area (Å²) in [4.78, 5) is 13.9. The molecule has 0 aromatic carbocycles. The fourth-order valence-electron chi connectivity index (χ4n) is 0.783. The Balaban J connectivity index is 2.81. The Hall–Kier alpha value is -2.22. The van der Waals surface area contributed by atoms with E-state index in [9.17, 15) is 4.79 Å². The maximum Gasteiger partial charge on any atom is 0.315 e. The van der Waals surface area contributed by atoms with E-state index in [4.69, 9.17) is 16.6 Å². The second-order valence-corrected chi connectivity index (χ2v) is 2.57. The van der Waals surface area contributed by atoms with Gasteiger partial charge in [0, 0.05) is 11.8 Å². The third-order valence-electron chi connectivity index (χ3n) is 1.42. The average molecular weight is 191 g/mol. The van der Waals surface area contributed by atoms with Gasteiger partial charge in [-0.25, -0.2) is 4.98 Å². The summed E-state index contributed by atoms with van der Waals surface area (Å²) in [5.41, 5.74) is 11.8. The van der Waals surface area contributed by atoms with Crippen LogP contribution in [0, 0.1) is 11.8 Å². The Morgan fingerprint density at radius 1 is 1.57 bits per heavy atom. The molecule has 0 fully saturated rings. The molecule has 1 rings (SSSR count). The summed E-state index contributed by atoms with van der Waals surface area (Å²) in [7, 11) is 0. The minimum Gasteiger partial charge on any atom is -0.481 e. The summed E-state index contributed by atoms with van der Waals surface area (Å²) in [6, 6.07) is 1.55. The van der Waals surface area contributed by atoms with E-state index >= 15 is 0 Å². The van der Waals surface area contributed by atoms with Gasteiger partial charge in [-0.2, -0.15) is 0 Å². The van der Waals surface area contributed by atoms with Crippen molar-refractivity contribution in [3.8, 4) is 11.8 Å². The zero-order chi connectivity index (χ0) is 10.6. The van der Waals surface area contributed by atoms with E-state index in [0.717, 1.165) is 0 Å². The van der Waals surface area contributed by atoms with Gasteiger partial charge in [-0.3, -0.25) is 4.79 Å². The number of aliphatic carboxylic acids is 1. The summed E-state index contributed by atoms with van der Waals surface area (Å²) in [5.74, 6) is 4.36. The van der Waals surface area contributed by atoms with Crippen LogP contribution >= 0.6 is 0 Å². The number of carboxylic acid groups (broad SMARTS) is 1. The molecule has 0 unspecified atom stereocenters. The number of carbonyl (C=O) groups is 1. The summed E-state index contributed by atoms with van der Waals surface area (Å²) in [6.45, 7) is 0. The average Bonchev–Trinajstić information content (AvgIpc) is 2.10. The number of aromatic nitrogens is 1. The van der Waals surface area contributed by atoms with Crippen molar-refractivity contribution in [3.05, 3.63) is 17.8 Å². The number of nitrogens with two attached hydrogens (primary N) is 2. The Kier molecular flexibility index (Phi) is 2.92. The number of nitrogens with zero attached hydrogens (tertiary/aromatic N) is 1. The van der Waals surface area contributed by atoms with Crippen LogP contribution in [0.3, 0.4) is 0 Å². The lowest BCUT2D eigenvalue weighted by Crippen LogP contribution is -1.97. The summed E-state index contributed by atoms with van der Waals surface area (Å²) in [6.07, 6.45) is 1.24. The largest absolute Gasteiger partial charge is 0.481 e. The number of carboxylic acids is 1. The molecular formula is C9H9N3O2. The van der Waals surface area contributed by atoms with Crippen molar-refractivity contribution in [3.63, 3.8) is 0 Å². The van der Waals surface area contributed by atoms with Gasteiger partial charge in [0.2, 0.25) is 0 Å². The van der Waals surface area contributed by atoms with E-state index in [-0.39, 0.29) is 12.2 Å². The molecule has 0 amide bonds. The third-order valence-corrected chi connectivity index (χ3v) is 1.42. The molecule has 1 aromatic heterocycles. The molecule has 5 nitrogen and oxygen atoms in total. The van der Waals surface area contributed by atoms with Crippen molar-refractivity contribution in [2.75, 3.05) is 11.5 Å². The highest BCUT2D eigenvalue weighted by Crippen LogP contribution is 2.11. The molecule has 72 valence electrons. The van der Waals surface area contributed by atoms with Crippen LogP contribution in [-0.4, -0.2) is 16.1 Å². The molecule has 1 heterocycles. The van der Waals surface area contributed by atoms with Gasteiger partial charge in [-0.15, -0.1) is 0 Å². The Bertz CT molecular complexity index is 418. The van der Waals surface area contributed by atoms with Crippen LogP contribution in [0.5, 0.6) is 0 Å². The van der Waals surface area contributed by atoms with Gasteiger partial charge < -0.3 is 16.6 Å². The van der Waals surface area contributed by atoms with E-state index in [1.807, 2.05) is 0 Å². The molecular weight excluding hydrogens is 182 g/mol. The molecule has 0 aliphatic rings. The lowest BCUT2D eigenvalue weighted by atomic mass is 10.2. The Morgan fingerprint density at radius 3 is 2.86 bits per heavy atom. The zero-order valence-electron chi connectivity index (χ0n) is 7.32. The minimum atomic E-state index is -0.964. The van der Waals surface area contributed by atoms with E-state index in [0.29, 0.717) is 11.3 Å².